The van der Waals surface area contributed by atoms with Crippen molar-refractivity contribution in [2.45, 2.75) is 31.8 Å². The Morgan fingerprint density at radius 2 is 2.25 bits per heavy atom. The highest BCUT2D eigenvalue weighted by Gasteiger charge is 2.26. The molecular weight excluding hydrogens is 254 g/mol. The number of aryl methyl sites for hydroxylation is 1. The molecule has 1 aromatic heterocycles. The highest BCUT2D eigenvalue weighted by molar-refractivity contribution is 5.95. The fourth-order valence-corrected chi connectivity index (χ4v) is 2.40. The van der Waals surface area contributed by atoms with E-state index in [2.05, 4.69) is 15.6 Å². The van der Waals surface area contributed by atoms with Crippen LogP contribution in [0.25, 0.3) is 0 Å². The topological polar surface area (TPSA) is 85.8 Å². The summed E-state index contributed by atoms with van der Waals surface area (Å²) in [6.45, 7) is 1.84. The Morgan fingerprint density at radius 3 is 3.00 bits per heavy atom. The molecule has 6 nitrogen and oxygen atoms in total. The summed E-state index contributed by atoms with van der Waals surface area (Å²) in [5.74, 6) is -0.0592. The van der Waals surface area contributed by atoms with Gasteiger partial charge in [0, 0.05) is 11.7 Å². The molecule has 0 radical (unpaired) electrons. The minimum atomic E-state index is -0.345. The predicted octanol–water partition coefficient (Wildman–Crippen LogP) is 1.42. The minimum Gasteiger partial charge on any atom is -0.324 e. The van der Waals surface area contributed by atoms with Gasteiger partial charge >= 0.3 is 0 Å². The molecule has 3 rings (SSSR count). The van der Waals surface area contributed by atoms with Gasteiger partial charge in [-0.05, 0) is 31.4 Å². The minimum absolute atomic E-state index is 0.0592. The van der Waals surface area contributed by atoms with Crippen molar-refractivity contribution >= 4 is 11.6 Å². The van der Waals surface area contributed by atoms with Crippen molar-refractivity contribution in [2.75, 3.05) is 5.32 Å². The first kappa shape index (κ1) is 12.8. The van der Waals surface area contributed by atoms with Gasteiger partial charge in [-0.15, -0.1) is 5.10 Å². The monoisotopic (exact) mass is 271 g/mol. The molecule has 2 aromatic rings. The summed E-state index contributed by atoms with van der Waals surface area (Å²) in [5, 5.41) is 11.0. The van der Waals surface area contributed by atoms with E-state index in [0.29, 0.717) is 12.1 Å². The molecule has 0 bridgehead atoms. The zero-order chi connectivity index (χ0) is 14.1. The highest BCUT2D eigenvalue weighted by atomic mass is 16.2. The van der Waals surface area contributed by atoms with Crippen LogP contribution in [0.3, 0.4) is 0 Å². The van der Waals surface area contributed by atoms with Gasteiger partial charge in [0.25, 0.3) is 0 Å². The van der Waals surface area contributed by atoms with E-state index in [1.165, 1.54) is 0 Å². The van der Waals surface area contributed by atoms with Crippen molar-refractivity contribution < 1.29 is 4.79 Å². The number of para-hydroxylation sites is 1. The molecule has 2 atom stereocenters. The Hall–Kier alpha value is -2.21. The molecular formula is C14H17N5O. The van der Waals surface area contributed by atoms with Crippen molar-refractivity contribution in [2.24, 2.45) is 5.73 Å². The number of nitrogens with zero attached hydrogens (tertiary/aromatic N) is 3. The van der Waals surface area contributed by atoms with Crippen LogP contribution < -0.4 is 11.1 Å². The standard InChI is InChI=1S/C14H17N5O/c1-9(15)12-8-19(18-17-12)13-7-6-10-4-2-3-5-11(10)16-14(13)20/h2-5,8-9,13H,6-7,15H2,1H3,(H,16,20). The second kappa shape index (κ2) is 5.05. The Morgan fingerprint density at radius 1 is 1.45 bits per heavy atom. The smallest absolute Gasteiger partial charge is 0.249 e. The van der Waals surface area contributed by atoms with Crippen LogP contribution in [0.15, 0.2) is 30.5 Å². The number of nitrogens with one attached hydrogen (secondary N) is 1. The molecule has 0 fully saturated rings. The number of carbonyl (C=O) groups excluding carboxylic acids is 1. The molecule has 1 aliphatic heterocycles. The lowest BCUT2D eigenvalue weighted by atomic mass is 10.1. The van der Waals surface area contributed by atoms with Crippen LogP contribution in [0.2, 0.25) is 0 Å². The van der Waals surface area contributed by atoms with E-state index >= 15 is 0 Å². The third kappa shape index (κ3) is 2.30. The summed E-state index contributed by atoms with van der Waals surface area (Å²) in [4.78, 5) is 12.3. The first-order chi connectivity index (χ1) is 9.65. The first-order valence-electron chi connectivity index (χ1n) is 6.71. The van der Waals surface area contributed by atoms with Crippen LogP contribution in [-0.4, -0.2) is 20.9 Å². The second-order valence-electron chi connectivity index (χ2n) is 5.11. The molecule has 1 amide bonds. The Kier molecular flexibility index (Phi) is 3.23. The van der Waals surface area contributed by atoms with E-state index in [4.69, 9.17) is 5.73 Å². The van der Waals surface area contributed by atoms with E-state index < -0.39 is 0 Å². The summed E-state index contributed by atoms with van der Waals surface area (Å²) >= 11 is 0. The summed E-state index contributed by atoms with van der Waals surface area (Å²) in [6, 6.07) is 7.33. The number of anilines is 1. The number of amides is 1. The van der Waals surface area contributed by atoms with E-state index in [0.717, 1.165) is 17.7 Å². The molecule has 104 valence electrons. The molecule has 1 aliphatic rings. The summed E-state index contributed by atoms with van der Waals surface area (Å²) in [6.07, 6.45) is 3.28. The molecule has 0 aliphatic carbocycles. The van der Waals surface area contributed by atoms with Crippen LogP contribution in [-0.2, 0) is 11.2 Å². The molecule has 1 aromatic carbocycles. The number of fused-ring (bicyclic) bond motifs is 1. The number of hydrogen-bond donors (Lipinski definition) is 2. The van der Waals surface area contributed by atoms with Crippen LogP contribution in [0.5, 0.6) is 0 Å². The zero-order valence-electron chi connectivity index (χ0n) is 11.3. The number of aromatic nitrogens is 3. The molecule has 0 saturated carbocycles. The van der Waals surface area contributed by atoms with Gasteiger partial charge < -0.3 is 11.1 Å². The van der Waals surface area contributed by atoms with Crippen LogP contribution in [0, 0.1) is 0 Å². The van der Waals surface area contributed by atoms with Gasteiger partial charge in [0.15, 0.2) is 0 Å². The number of rotatable bonds is 2. The van der Waals surface area contributed by atoms with E-state index in [-0.39, 0.29) is 18.0 Å². The molecule has 0 saturated heterocycles. The average Bonchev–Trinajstić information content (AvgIpc) is 2.84. The average molecular weight is 271 g/mol. The van der Waals surface area contributed by atoms with E-state index in [1.807, 2.05) is 31.2 Å². The van der Waals surface area contributed by atoms with Gasteiger partial charge in [-0.3, -0.25) is 4.79 Å². The summed E-state index contributed by atoms with van der Waals surface area (Å²) in [7, 11) is 0. The third-order valence-electron chi connectivity index (χ3n) is 3.58. The van der Waals surface area contributed by atoms with Crippen molar-refractivity contribution in [1.82, 2.24) is 15.0 Å². The Balaban J connectivity index is 1.87. The number of carbonyl (C=O) groups is 1. The van der Waals surface area contributed by atoms with Gasteiger partial charge in [0.2, 0.25) is 5.91 Å². The van der Waals surface area contributed by atoms with E-state index in [1.54, 1.807) is 10.9 Å². The maximum Gasteiger partial charge on any atom is 0.249 e. The number of nitrogens with two attached hydrogens (primary N) is 1. The van der Waals surface area contributed by atoms with Gasteiger partial charge in [-0.1, -0.05) is 23.4 Å². The van der Waals surface area contributed by atoms with Gasteiger partial charge in [-0.25, -0.2) is 4.68 Å². The summed E-state index contributed by atoms with van der Waals surface area (Å²) in [5.41, 5.74) is 8.50. The zero-order valence-corrected chi connectivity index (χ0v) is 11.3. The van der Waals surface area contributed by atoms with Crippen molar-refractivity contribution in [3.63, 3.8) is 0 Å². The van der Waals surface area contributed by atoms with Crippen molar-refractivity contribution in [3.05, 3.63) is 41.7 Å². The van der Waals surface area contributed by atoms with E-state index in [9.17, 15) is 4.79 Å². The third-order valence-corrected chi connectivity index (χ3v) is 3.58. The molecule has 3 N–H and O–H groups in total. The quantitative estimate of drug-likeness (QED) is 0.865. The summed E-state index contributed by atoms with van der Waals surface area (Å²) < 4.78 is 1.61. The second-order valence-corrected chi connectivity index (χ2v) is 5.11. The fourth-order valence-electron chi connectivity index (χ4n) is 2.40. The normalized spacial score (nSPS) is 19.9. The van der Waals surface area contributed by atoms with Crippen molar-refractivity contribution in [3.8, 4) is 0 Å². The van der Waals surface area contributed by atoms with Gasteiger partial charge in [0.05, 0.1) is 11.9 Å². The lowest BCUT2D eigenvalue weighted by Crippen LogP contribution is -2.25. The molecule has 2 heterocycles. The first-order valence-corrected chi connectivity index (χ1v) is 6.71. The maximum atomic E-state index is 12.3. The Bertz CT molecular complexity index is 634. The van der Waals surface area contributed by atoms with Crippen LogP contribution in [0.4, 0.5) is 5.69 Å². The molecule has 2 unspecified atom stereocenters. The Labute approximate surface area is 117 Å². The molecule has 6 heteroatoms. The lowest BCUT2D eigenvalue weighted by molar-refractivity contribution is -0.119. The lowest BCUT2D eigenvalue weighted by Gasteiger charge is -2.12. The van der Waals surface area contributed by atoms with Gasteiger partial charge in [0.1, 0.15) is 6.04 Å². The molecule has 20 heavy (non-hydrogen) atoms. The highest BCUT2D eigenvalue weighted by Crippen LogP contribution is 2.26. The van der Waals surface area contributed by atoms with Crippen molar-refractivity contribution in [1.29, 1.82) is 0 Å². The number of benzene rings is 1. The largest absolute Gasteiger partial charge is 0.324 e. The van der Waals surface area contributed by atoms with Crippen LogP contribution >= 0.6 is 0 Å². The SMILES string of the molecule is CC(N)c1cn(C2CCc3ccccc3NC2=O)nn1. The number of hydrogen-bond acceptors (Lipinski definition) is 4. The fraction of sp³-hybridized carbons (Fsp3) is 0.357. The van der Waals surface area contributed by atoms with Crippen LogP contribution in [0.1, 0.15) is 36.7 Å². The maximum absolute atomic E-state index is 12.3. The van der Waals surface area contributed by atoms with Gasteiger partial charge in [-0.2, -0.15) is 0 Å². The molecule has 0 spiro atoms. The predicted molar refractivity (Wildman–Crippen MR) is 75.1 cm³/mol.